The quantitative estimate of drug-likeness (QED) is 0.730. The van der Waals surface area contributed by atoms with E-state index in [1.54, 1.807) is 14.2 Å². The average molecular weight is 191 g/mol. The van der Waals surface area contributed by atoms with E-state index in [0.717, 1.165) is 16.9 Å². The minimum atomic E-state index is 0.417. The summed E-state index contributed by atoms with van der Waals surface area (Å²) in [5.74, 6) is 0.800. The van der Waals surface area contributed by atoms with Crippen molar-refractivity contribution in [3.8, 4) is 11.8 Å². The number of ether oxygens (including phenoxy) is 2. The van der Waals surface area contributed by atoms with Crippen LogP contribution in [0.1, 0.15) is 11.1 Å². The molecule has 0 saturated heterocycles. The molecule has 0 heterocycles. The normalized spacial score (nSPS) is 9.50. The van der Waals surface area contributed by atoms with E-state index >= 15 is 0 Å². The molecule has 1 aromatic carbocycles. The van der Waals surface area contributed by atoms with Crippen molar-refractivity contribution in [3.63, 3.8) is 0 Å². The molecule has 0 radical (unpaired) electrons. The van der Waals surface area contributed by atoms with E-state index in [4.69, 9.17) is 14.7 Å². The lowest BCUT2D eigenvalue weighted by Gasteiger charge is -2.08. The highest BCUT2D eigenvalue weighted by Crippen LogP contribution is 2.20. The maximum Gasteiger partial charge on any atom is 0.124 e. The van der Waals surface area contributed by atoms with Crippen LogP contribution < -0.4 is 4.74 Å². The Kier molecular flexibility index (Phi) is 3.96. The molecule has 0 aromatic heterocycles. The van der Waals surface area contributed by atoms with Gasteiger partial charge in [0.05, 0.1) is 26.2 Å². The number of nitriles is 1. The molecule has 0 amide bonds. The monoisotopic (exact) mass is 191 g/mol. The van der Waals surface area contributed by atoms with E-state index in [0.29, 0.717) is 13.0 Å². The fourth-order valence-electron chi connectivity index (χ4n) is 1.30. The van der Waals surface area contributed by atoms with Gasteiger partial charge in [-0.05, 0) is 17.7 Å². The fraction of sp³-hybridized carbons (Fsp3) is 0.364. The molecule has 0 spiro atoms. The fourth-order valence-corrected chi connectivity index (χ4v) is 1.30. The van der Waals surface area contributed by atoms with Crippen LogP contribution >= 0.6 is 0 Å². The van der Waals surface area contributed by atoms with Crippen molar-refractivity contribution in [2.24, 2.45) is 0 Å². The largest absolute Gasteiger partial charge is 0.496 e. The summed E-state index contributed by atoms with van der Waals surface area (Å²) < 4.78 is 10.2. The first-order valence-corrected chi connectivity index (χ1v) is 4.33. The number of nitrogens with zero attached hydrogens (tertiary/aromatic N) is 1. The van der Waals surface area contributed by atoms with Crippen LogP contribution in [-0.2, 0) is 17.8 Å². The second-order valence-corrected chi connectivity index (χ2v) is 2.91. The molecule has 3 nitrogen and oxygen atoms in total. The molecule has 0 N–H and O–H groups in total. The Labute approximate surface area is 83.9 Å². The number of rotatable bonds is 4. The summed E-state index contributed by atoms with van der Waals surface area (Å²) >= 11 is 0. The molecule has 74 valence electrons. The van der Waals surface area contributed by atoms with Crippen LogP contribution in [0.15, 0.2) is 18.2 Å². The van der Waals surface area contributed by atoms with E-state index in [9.17, 15) is 0 Å². The number of methoxy groups -OCH3 is 2. The van der Waals surface area contributed by atoms with Gasteiger partial charge in [-0.2, -0.15) is 5.26 Å². The van der Waals surface area contributed by atoms with Gasteiger partial charge in [-0.15, -0.1) is 0 Å². The zero-order valence-electron chi connectivity index (χ0n) is 8.41. The summed E-state index contributed by atoms with van der Waals surface area (Å²) in [4.78, 5) is 0. The Morgan fingerprint density at radius 3 is 2.71 bits per heavy atom. The van der Waals surface area contributed by atoms with Gasteiger partial charge in [0.1, 0.15) is 5.75 Å². The highest BCUT2D eigenvalue weighted by Gasteiger charge is 2.03. The number of hydrogen-bond donors (Lipinski definition) is 0. The lowest BCUT2D eigenvalue weighted by molar-refractivity contribution is 0.181. The van der Waals surface area contributed by atoms with Crippen LogP contribution in [0.25, 0.3) is 0 Å². The molecule has 3 heteroatoms. The van der Waals surface area contributed by atoms with Gasteiger partial charge in [0.25, 0.3) is 0 Å². The molecule has 0 fully saturated rings. The van der Waals surface area contributed by atoms with E-state index in [1.165, 1.54) is 0 Å². The van der Waals surface area contributed by atoms with E-state index in [1.807, 2.05) is 18.2 Å². The van der Waals surface area contributed by atoms with Gasteiger partial charge < -0.3 is 9.47 Å². The minimum absolute atomic E-state index is 0.417. The summed E-state index contributed by atoms with van der Waals surface area (Å²) in [6.07, 6.45) is 0.417. The first kappa shape index (κ1) is 10.6. The van der Waals surface area contributed by atoms with Gasteiger partial charge in [0, 0.05) is 12.7 Å². The van der Waals surface area contributed by atoms with Gasteiger partial charge in [0.15, 0.2) is 0 Å². The predicted octanol–water partition coefficient (Wildman–Crippen LogP) is 1.91. The zero-order chi connectivity index (χ0) is 10.4. The van der Waals surface area contributed by atoms with Gasteiger partial charge in [-0.25, -0.2) is 0 Å². The molecule has 0 bridgehead atoms. The molecule has 0 unspecified atom stereocenters. The van der Waals surface area contributed by atoms with E-state index in [-0.39, 0.29) is 0 Å². The second kappa shape index (κ2) is 5.25. The summed E-state index contributed by atoms with van der Waals surface area (Å²) in [6.45, 7) is 0.502. The lowest BCUT2D eigenvalue weighted by Crippen LogP contribution is -1.95. The lowest BCUT2D eigenvalue weighted by atomic mass is 10.1. The van der Waals surface area contributed by atoms with Crippen LogP contribution in [0.4, 0.5) is 0 Å². The molecule has 1 rings (SSSR count). The Morgan fingerprint density at radius 2 is 2.14 bits per heavy atom. The van der Waals surface area contributed by atoms with Crippen molar-refractivity contribution in [2.75, 3.05) is 14.2 Å². The van der Waals surface area contributed by atoms with Crippen LogP contribution in [-0.4, -0.2) is 14.2 Å². The Morgan fingerprint density at radius 1 is 1.36 bits per heavy atom. The van der Waals surface area contributed by atoms with Crippen LogP contribution in [0.3, 0.4) is 0 Å². The summed E-state index contributed by atoms with van der Waals surface area (Å²) in [7, 11) is 3.26. The van der Waals surface area contributed by atoms with Gasteiger partial charge in [-0.3, -0.25) is 0 Å². The third-order valence-electron chi connectivity index (χ3n) is 1.93. The molecular formula is C11H13NO2. The van der Waals surface area contributed by atoms with Crippen molar-refractivity contribution in [3.05, 3.63) is 29.3 Å². The first-order valence-electron chi connectivity index (χ1n) is 4.33. The minimum Gasteiger partial charge on any atom is -0.496 e. The molecule has 0 atom stereocenters. The van der Waals surface area contributed by atoms with Gasteiger partial charge in [-0.1, -0.05) is 6.07 Å². The summed E-state index contributed by atoms with van der Waals surface area (Å²) in [6, 6.07) is 7.80. The van der Waals surface area contributed by atoms with Crippen molar-refractivity contribution in [2.45, 2.75) is 13.0 Å². The smallest absolute Gasteiger partial charge is 0.124 e. The molecule has 0 aliphatic carbocycles. The summed E-state index contributed by atoms with van der Waals surface area (Å²) in [5, 5.41) is 8.55. The Hall–Kier alpha value is -1.53. The zero-order valence-corrected chi connectivity index (χ0v) is 8.41. The average Bonchev–Trinajstić information content (AvgIpc) is 2.19. The SMILES string of the molecule is COCc1cc(CC#N)ccc1OC. The molecule has 1 aromatic rings. The number of benzene rings is 1. The molecular weight excluding hydrogens is 178 g/mol. The topological polar surface area (TPSA) is 42.2 Å². The van der Waals surface area contributed by atoms with E-state index < -0.39 is 0 Å². The second-order valence-electron chi connectivity index (χ2n) is 2.91. The maximum atomic E-state index is 8.55. The molecule has 14 heavy (non-hydrogen) atoms. The predicted molar refractivity (Wildman–Crippen MR) is 53.0 cm³/mol. The maximum absolute atomic E-state index is 8.55. The Balaban J connectivity index is 2.96. The van der Waals surface area contributed by atoms with E-state index in [2.05, 4.69) is 6.07 Å². The highest BCUT2D eigenvalue weighted by atomic mass is 16.5. The first-order chi connectivity index (χ1) is 6.81. The van der Waals surface area contributed by atoms with Crippen molar-refractivity contribution >= 4 is 0 Å². The number of hydrogen-bond acceptors (Lipinski definition) is 3. The summed E-state index contributed by atoms with van der Waals surface area (Å²) in [5.41, 5.74) is 1.96. The standard InChI is InChI=1S/C11H13NO2/c1-13-8-10-7-9(5-6-12)3-4-11(10)14-2/h3-4,7H,5,8H2,1-2H3. The third-order valence-corrected chi connectivity index (χ3v) is 1.93. The Bertz CT molecular complexity index is 342. The van der Waals surface area contributed by atoms with Crippen LogP contribution in [0, 0.1) is 11.3 Å². The van der Waals surface area contributed by atoms with Crippen molar-refractivity contribution in [1.82, 2.24) is 0 Å². The molecule has 0 saturated carbocycles. The van der Waals surface area contributed by atoms with Crippen LogP contribution in [0.5, 0.6) is 5.75 Å². The van der Waals surface area contributed by atoms with Gasteiger partial charge in [0.2, 0.25) is 0 Å². The molecule has 0 aliphatic heterocycles. The van der Waals surface area contributed by atoms with Crippen molar-refractivity contribution in [1.29, 1.82) is 5.26 Å². The van der Waals surface area contributed by atoms with Gasteiger partial charge >= 0.3 is 0 Å². The molecule has 0 aliphatic rings. The third kappa shape index (κ3) is 2.48. The van der Waals surface area contributed by atoms with Crippen LogP contribution in [0.2, 0.25) is 0 Å². The highest BCUT2D eigenvalue weighted by molar-refractivity contribution is 5.37. The van der Waals surface area contributed by atoms with Crippen molar-refractivity contribution < 1.29 is 9.47 Å².